The van der Waals surface area contributed by atoms with Gasteiger partial charge < -0.3 is 24.8 Å². The van der Waals surface area contributed by atoms with Crippen molar-refractivity contribution in [3.05, 3.63) is 150 Å². The Morgan fingerprint density at radius 2 is 1.12 bits per heavy atom. The Hall–Kier alpha value is -2.45. The zero-order valence-corrected chi connectivity index (χ0v) is 23.6. The molecule has 0 fully saturated rings. The van der Waals surface area contributed by atoms with E-state index in [1.165, 1.54) is 41.5 Å². The van der Waals surface area contributed by atoms with Crippen molar-refractivity contribution in [3.8, 4) is 0 Å². The van der Waals surface area contributed by atoms with E-state index < -0.39 is 0 Å². The van der Waals surface area contributed by atoms with Gasteiger partial charge in [0.2, 0.25) is 0 Å². The fourth-order valence-electron chi connectivity index (χ4n) is 4.31. The molecule has 0 amide bonds. The Morgan fingerprint density at radius 3 is 1.74 bits per heavy atom. The van der Waals surface area contributed by atoms with E-state index in [-0.39, 0.29) is 24.8 Å². The van der Waals surface area contributed by atoms with Crippen molar-refractivity contribution < 1.29 is 48.7 Å². The summed E-state index contributed by atoms with van der Waals surface area (Å²) in [6.07, 6.45) is 8.77. The average Bonchev–Trinajstić information content (AvgIpc) is 3.53. The van der Waals surface area contributed by atoms with E-state index >= 15 is 0 Å². The van der Waals surface area contributed by atoms with E-state index in [1.54, 1.807) is 0 Å². The van der Waals surface area contributed by atoms with Gasteiger partial charge in [0.25, 0.3) is 0 Å². The zero-order valence-electron chi connectivity index (χ0n) is 18.5. The summed E-state index contributed by atoms with van der Waals surface area (Å²) in [5, 5.41) is 5.46. The first-order valence-electron chi connectivity index (χ1n) is 10.9. The van der Waals surface area contributed by atoms with Gasteiger partial charge in [-0.2, -0.15) is 0 Å². The number of rotatable bonds is 3. The Bertz CT molecular complexity index is 1380. The Balaban J connectivity index is 0.000000186. The Morgan fingerprint density at radius 1 is 0.588 bits per heavy atom. The van der Waals surface area contributed by atoms with Crippen molar-refractivity contribution in [3.63, 3.8) is 0 Å². The van der Waals surface area contributed by atoms with E-state index in [2.05, 4.69) is 133 Å². The first-order chi connectivity index (χ1) is 15.8. The summed E-state index contributed by atoms with van der Waals surface area (Å²) in [6.45, 7) is 0. The number of hydrogen-bond acceptors (Lipinski definition) is 0. The maximum absolute atomic E-state index is 2.32. The van der Waals surface area contributed by atoms with Gasteiger partial charge in [0, 0.05) is 0 Å². The van der Waals surface area contributed by atoms with Gasteiger partial charge in [0.15, 0.2) is 0 Å². The van der Waals surface area contributed by atoms with Gasteiger partial charge in [0.05, 0.1) is 0 Å². The van der Waals surface area contributed by atoms with E-state index in [0.29, 0.717) is 5.92 Å². The molecule has 0 aromatic heterocycles. The summed E-state index contributed by atoms with van der Waals surface area (Å²) in [5.74, 6) is 0.436. The molecule has 0 nitrogen and oxygen atoms in total. The molecule has 0 saturated carbocycles. The van der Waals surface area contributed by atoms with Crippen LogP contribution in [0.15, 0.2) is 133 Å². The molecule has 1 aliphatic rings. The molecule has 5 aromatic carbocycles. The molecule has 0 atom stereocenters. The summed E-state index contributed by atoms with van der Waals surface area (Å²) >= 11 is 1.08. The molecular formula is C31H23Cl2Hf-. The van der Waals surface area contributed by atoms with E-state index in [1.807, 2.05) is 0 Å². The second-order valence-electron chi connectivity index (χ2n) is 7.94. The van der Waals surface area contributed by atoms with E-state index in [9.17, 15) is 0 Å². The molecule has 0 bridgehead atoms. The van der Waals surface area contributed by atoms with Crippen LogP contribution in [-0.2, 0) is 23.9 Å². The summed E-state index contributed by atoms with van der Waals surface area (Å²) in [5.41, 5.74) is 4.12. The number of fused-ring (bicyclic) bond motifs is 3. The van der Waals surface area contributed by atoms with Gasteiger partial charge in [-0.1, -0.05) is 66.3 Å². The third-order valence-electron chi connectivity index (χ3n) is 5.92. The molecule has 0 aliphatic heterocycles. The van der Waals surface area contributed by atoms with E-state index in [4.69, 9.17) is 0 Å². The molecule has 6 rings (SSSR count). The second kappa shape index (κ2) is 12.3. The van der Waals surface area contributed by atoms with Crippen LogP contribution in [0.5, 0.6) is 0 Å². The standard InChI is InChI=1S/C18H13.C13H10.2ClH.Hf/c1-2-7-13(6-1)15-10-5-11-17-16-9-4-3-8-14(16)12-18(15)17;1-3-7-12(8-4-1)11-13-9-5-2-6-10-13;;;/h1-13H;1-10H;2*1H;/q-1;;;;+2/p-2. The predicted octanol–water partition coefficient (Wildman–Crippen LogP) is 1.73. The van der Waals surface area contributed by atoms with Crippen LogP contribution < -0.4 is 24.8 Å². The maximum atomic E-state index is 2.32. The van der Waals surface area contributed by atoms with Gasteiger partial charge in [-0.15, -0.1) is 33.7 Å². The molecule has 0 saturated heterocycles. The molecule has 0 spiro atoms. The van der Waals surface area contributed by atoms with Gasteiger partial charge in [-0.05, 0) is 5.92 Å². The van der Waals surface area contributed by atoms with Crippen molar-refractivity contribution in [1.29, 1.82) is 0 Å². The van der Waals surface area contributed by atoms with Crippen LogP contribution >= 0.6 is 0 Å². The van der Waals surface area contributed by atoms with Crippen molar-refractivity contribution in [2.45, 2.75) is 5.92 Å². The molecule has 166 valence electrons. The fourth-order valence-corrected chi connectivity index (χ4v) is 5.51. The van der Waals surface area contributed by atoms with Gasteiger partial charge in [-0.3, -0.25) is 0 Å². The monoisotopic (exact) mass is 645 g/mol. The summed E-state index contributed by atoms with van der Waals surface area (Å²) in [7, 11) is 0. The Kier molecular flexibility index (Phi) is 9.47. The molecule has 34 heavy (non-hydrogen) atoms. The second-order valence-corrected chi connectivity index (χ2v) is 9.74. The molecule has 1 aliphatic carbocycles. The zero-order chi connectivity index (χ0) is 21.8. The van der Waals surface area contributed by atoms with Crippen LogP contribution in [-0.4, -0.2) is 3.26 Å². The SMILES string of the molecule is C1=CC(c2cccc3c2[cH-]c2ccccc23)C=C1.[Cl-].[Cl-].[Hf+2]=[C](c1ccccc1)c1ccccc1. The normalized spacial score (nSPS) is 12.1. The Labute approximate surface area is 228 Å². The van der Waals surface area contributed by atoms with Gasteiger partial charge in [0.1, 0.15) is 0 Å². The van der Waals surface area contributed by atoms with Crippen LogP contribution in [0.1, 0.15) is 22.6 Å². The molecule has 0 N–H and O–H groups in total. The van der Waals surface area contributed by atoms with Crippen molar-refractivity contribution in [2.24, 2.45) is 0 Å². The first-order valence-corrected chi connectivity index (χ1v) is 12.7. The molecular weight excluding hydrogens is 622 g/mol. The van der Waals surface area contributed by atoms with Crippen molar-refractivity contribution >= 4 is 24.8 Å². The molecule has 0 radical (unpaired) electrons. The average molecular weight is 645 g/mol. The van der Waals surface area contributed by atoms with Gasteiger partial charge in [-0.25, -0.2) is 0 Å². The third kappa shape index (κ3) is 5.61. The minimum absolute atomic E-state index is 0. The molecule has 3 heteroatoms. The summed E-state index contributed by atoms with van der Waals surface area (Å²) < 4.78 is 1.46. The number of hydrogen-bond donors (Lipinski definition) is 0. The molecule has 5 aromatic rings. The van der Waals surface area contributed by atoms with Gasteiger partial charge >= 0.3 is 98.9 Å². The molecule has 0 unspecified atom stereocenters. The van der Waals surface area contributed by atoms with Crippen LogP contribution in [0.25, 0.3) is 21.5 Å². The quantitative estimate of drug-likeness (QED) is 0.208. The number of benzene rings is 4. The van der Waals surface area contributed by atoms with E-state index in [0.717, 1.165) is 23.9 Å². The number of halogens is 2. The third-order valence-corrected chi connectivity index (χ3v) is 8.00. The fraction of sp³-hybridized carbons (Fsp3) is 0.0323. The van der Waals surface area contributed by atoms with Crippen molar-refractivity contribution in [2.75, 3.05) is 0 Å². The van der Waals surface area contributed by atoms with Crippen LogP contribution in [0.2, 0.25) is 0 Å². The van der Waals surface area contributed by atoms with Crippen LogP contribution in [0.4, 0.5) is 0 Å². The van der Waals surface area contributed by atoms with Crippen molar-refractivity contribution in [1.82, 2.24) is 0 Å². The van der Waals surface area contributed by atoms with Crippen LogP contribution in [0, 0.1) is 0 Å². The minimum atomic E-state index is 0. The summed E-state index contributed by atoms with van der Waals surface area (Å²) in [6, 6.07) is 38.8. The topological polar surface area (TPSA) is 0 Å². The predicted molar refractivity (Wildman–Crippen MR) is 134 cm³/mol. The molecule has 0 heterocycles. The van der Waals surface area contributed by atoms with Crippen LogP contribution in [0.3, 0.4) is 0 Å². The first kappa shape index (κ1) is 26.2. The summed E-state index contributed by atoms with van der Waals surface area (Å²) in [4.78, 5) is 0. The number of allylic oxidation sites excluding steroid dienone is 4.